The lowest BCUT2D eigenvalue weighted by Gasteiger charge is -2.30. The fourth-order valence-electron chi connectivity index (χ4n) is 4.47. The van der Waals surface area contributed by atoms with Gasteiger partial charge in [-0.2, -0.15) is 0 Å². The van der Waals surface area contributed by atoms with Crippen molar-refractivity contribution >= 4 is 17.8 Å². The molecule has 2 aromatic carbocycles. The first-order valence-corrected chi connectivity index (χ1v) is 9.36. The Balaban J connectivity index is 1.77. The number of halogens is 3. The SMILES string of the molecule is O=C1NC(=O)C2C1C(c1cccc(OC(F)(F)F)c1)NC2(Cc1ccccc1)C(=O)O. The van der Waals surface area contributed by atoms with Crippen molar-refractivity contribution in [3.63, 3.8) is 0 Å². The van der Waals surface area contributed by atoms with Crippen molar-refractivity contribution in [1.82, 2.24) is 10.6 Å². The van der Waals surface area contributed by atoms with E-state index in [0.29, 0.717) is 5.56 Å². The molecule has 0 aliphatic carbocycles. The third-order valence-electron chi connectivity index (χ3n) is 5.65. The molecule has 4 unspecified atom stereocenters. The molecule has 2 saturated heterocycles. The Morgan fingerprint density at radius 2 is 1.77 bits per heavy atom. The van der Waals surface area contributed by atoms with E-state index in [1.54, 1.807) is 30.3 Å². The number of carboxylic acids is 1. The van der Waals surface area contributed by atoms with Crippen LogP contribution in [0.1, 0.15) is 17.2 Å². The van der Waals surface area contributed by atoms with Crippen molar-refractivity contribution in [2.24, 2.45) is 11.8 Å². The van der Waals surface area contributed by atoms with Gasteiger partial charge in [-0.3, -0.25) is 25.0 Å². The Kier molecular flexibility index (Phi) is 4.97. The number of nitrogens with one attached hydrogen (secondary N) is 2. The number of hydrogen-bond donors (Lipinski definition) is 3. The van der Waals surface area contributed by atoms with Crippen molar-refractivity contribution in [2.45, 2.75) is 24.4 Å². The second kappa shape index (κ2) is 7.38. The minimum atomic E-state index is -4.91. The number of ether oxygens (including phenoxy) is 1. The van der Waals surface area contributed by atoms with Crippen LogP contribution in [0.3, 0.4) is 0 Å². The van der Waals surface area contributed by atoms with E-state index in [9.17, 15) is 32.7 Å². The van der Waals surface area contributed by atoms with E-state index in [2.05, 4.69) is 15.4 Å². The highest BCUT2D eigenvalue weighted by atomic mass is 19.4. The lowest BCUT2D eigenvalue weighted by Crippen LogP contribution is -2.57. The molecule has 0 bridgehead atoms. The Labute approximate surface area is 174 Å². The van der Waals surface area contributed by atoms with Gasteiger partial charge in [-0.15, -0.1) is 13.2 Å². The average molecular weight is 434 g/mol. The smallest absolute Gasteiger partial charge is 0.480 e. The van der Waals surface area contributed by atoms with Crippen LogP contribution in [-0.4, -0.2) is 34.8 Å². The van der Waals surface area contributed by atoms with Gasteiger partial charge in [0.25, 0.3) is 0 Å². The number of aliphatic carboxylic acids is 1. The molecule has 10 heteroatoms. The van der Waals surface area contributed by atoms with Crippen LogP contribution in [0.5, 0.6) is 5.75 Å². The highest BCUT2D eigenvalue weighted by molar-refractivity contribution is 6.09. The molecule has 0 saturated carbocycles. The fraction of sp³-hybridized carbons (Fsp3) is 0.286. The summed E-state index contributed by atoms with van der Waals surface area (Å²) < 4.78 is 41.8. The van der Waals surface area contributed by atoms with Crippen molar-refractivity contribution < 1.29 is 37.4 Å². The number of carbonyl (C=O) groups is 3. The molecule has 4 atom stereocenters. The minimum absolute atomic E-state index is 0.0969. The topological polar surface area (TPSA) is 105 Å². The highest BCUT2D eigenvalue weighted by Gasteiger charge is 2.66. The normalized spacial score (nSPS) is 27.6. The van der Waals surface area contributed by atoms with Crippen LogP contribution in [0.15, 0.2) is 54.6 Å². The average Bonchev–Trinajstić information content (AvgIpc) is 3.19. The molecule has 7 nitrogen and oxygen atoms in total. The number of rotatable bonds is 5. The summed E-state index contributed by atoms with van der Waals surface area (Å²) in [6.07, 6.45) is -5.01. The first-order chi connectivity index (χ1) is 14.6. The van der Waals surface area contributed by atoms with Gasteiger partial charge in [-0.1, -0.05) is 42.5 Å². The molecule has 0 spiro atoms. The zero-order valence-electron chi connectivity index (χ0n) is 15.8. The molecule has 2 heterocycles. The summed E-state index contributed by atoms with van der Waals surface area (Å²) in [5.74, 6) is -5.59. The molecule has 0 radical (unpaired) electrons. The summed E-state index contributed by atoms with van der Waals surface area (Å²) >= 11 is 0. The lowest BCUT2D eigenvalue weighted by atomic mass is 9.76. The summed E-state index contributed by atoms with van der Waals surface area (Å²) in [6, 6.07) is 12.5. The maximum atomic E-state index is 12.6. The summed E-state index contributed by atoms with van der Waals surface area (Å²) in [5.41, 5.74) is -0.996. The molecule has 2 fully saturated rings. The standard InChI is InChI=1S/C21H17F3N2O5/c22-21(23,24)31-13-8-4-7-12(9-13)16-14-15(18(28)25-17(14)27)20(26-16,19(29)30)10-11-5-2-1-3-6-11/h1-9,14-16,26H,10H2,(H,29,30)(H,25,27,28). The van der Waals surface area contributed by atoms with E-state index < -0.39 is 53.3 Å². The Hall–Kier alpha value is -3.40. The number of fused-ring (bicyclic) bond motifs is 1. The van der Waals surface area contributed by atoms with Crippen molar-refractivity contribution in [3.05, 3.63) is 65.7 Å². The second-order valence-electron chi connectivity index (χ2n) is 7.54. The summed E-state index contributed by atoms with van der Waals surface area (Å²) in [6.45, 7) is 0. The van der Waals surface area contributed by atoms with Crippen molar-refractivity contribution in [2.75, 3.05) is 0 Å². The molecular weight excluding hydrogens is 417 g/mol. The van der Waals surface area contributed by atoms with Gasteiger partial charge in [0, 0.05) is 12.5 Å². The van der Waals surface area contributed by atoms with Gasteiger partial charge in [-0.25, -0.2) is 0 Å². The predicted molar refractivity (Wildman–Crippen MR) is 99.6 cm³/mol. The van der Waals surface area contributed by atoms with Crippen molar-refractivity contribution in [1.29, 1.82) is 0 Å². The second-order valence-corrected chi connectivity index (χ2v) is 7.54. The number of amides is 2. The number of carboxylic acid groups (broad SMARTS) is 1. The number of carbonyl (C=O) groups excluding carboxylic acids is 2. The van der Waals surface area contributed by atoms with Gasteiger partial charge in [0.1, 0.15) is 11.3 Å². The summed E-state index contributed by atoms with van der Waals surface area (Å²) in [7, 11) is 0. The van der Waals surface area contributed by atoms with E-state index in [4.69, 9.17) is 0 Å². The highest BCUT2D eigenvalue weighted by Crippen LogP contribution is 2.48. The van der Waals surface area contributed by atoms with Crippen LogP contribution in [0.25, 0.3) is 0 Å². The first-order valence-electron chi connectivity index (χ1n) is 9.36. The number of benzene rings is 2. The van der Waals surface area contributed by atoms with Crippen LogP contribution in [-0.2, 0) is 20.8 Å². The van der Waals surface area contributed by atoms with Crippen LogP contribution < -0.4 is 15.4 Å². The van der Waals surface area contributed by atoms with Gasteiger partial charge in [0.05, 0.1) is 11.8 Å². The molecule has 2 aliphatic rings. The molecule has 162 valence electrons. The fourth-order valence-corrected chi connectivity index (χ4v) is 4.47. The molecule has 0 aromatic heterocycles. The van der Waals surface area contributed by atoms with E-state index in [-0.39, 0.29) is 12.0 Å². The van der Waals surface area contributed by atoms with Gasteiger partial charge in [-0.05, 0) is 23.3 Å². The number of imide groups is 1. The Morgan fingerprint density at radius 1 is 1.06 bits per heavy atom. The van der Waals surface area contributed by atoms with E-state index >= 15 is 0 Å². The Morgan fingerprint density at radius 3 is 2.42 bits per heavy atom. The first kappa shape index (κ1) is 20.9. The third kappa shape index (κ3) is 3.74. The molecule has 2 amide bonds. The van der Waals surface area contributed by atoms with Gasteiger partial charge < -0.3 is 9.84 Å². The quantitative estimate of drug-likeness (QED) is 0.624. The van der Waals surface area contributed by atoms with Gasteiger partial charge in [0.15, 0.2) is 0 Å². The molecule has 2 aliphatic heterocycles. The maximum Gasteiger partial charge on any atom is 0.573 e. The maximum absolute atomic E-state index is 12.6. The van der Waals surface area contributed by atoms with Crippen LogP contribution in [0.4, 0.5) is 13.2 Å². The predicted octanol–water partition coefficient (Wildman–Crippen LogP) is 2.18. The van der Waals surface area contributed by atoms with Crippen LogP contribution >= 0.6 is 0 Å². The molecular formula is C21H17F3N2O5. The van der Waals surface area contributed by atoms with Gasteiger partial charge >= 0.3 is 12.3 Å². The molecule has 31 heavy (non-hydrogen) atoms. The molecule has 4 rings (SSSR count). The zero-order chi connectivity index (χ0) is 22.4. The zero-order valence-corrected chi connectivity index (χ0v) is 15.8. The monoisotopic (exact) mass is 434 g/mol. The Bertz CT molecular complexity index is 1040. The molecule has 3 N–H and O–H groups in total. The lowest BCUT2D eigenvalue weighted by molar-refractivity contribution is -0.274. The summed E-state index contributed by atoms with van der Waals surface area (Å²) in [5, 5.41) is 15.2. The van der Waals surface area contributed by atoms with E-state index in [1.807, 2.05) is 0 Å². The summed E-state index contributed by atoms with van der Waals surface area (Å²) in [4.78, 5) is 37.6. The number of hydrogen-bond acceptors (Lipinski definition) is 5. The third-order valence-corrected chi connectivity index (χ3v) is 5.65. The van der Waals surface area contributed by atoms with E-state index in [1.165, 1.54) is 12.1 Å². The minimum Gasteiger partial charge on any atom is -0.480 e. The molecule has 2 aromatic rings. The van der Waals surface area contributed by atoms with Crippen LogP contribution in [0, 0.1) is 11.8 Å². The van der Waals surface area contributed by atoms with Gasteiger partial charge in [0.2, 0.25) is 11.8 Å². The van der Waals surface area contributed by atoms with E-state index in [0.717, 1.165) is 12.1 Å². The number of alkyl halides is 3. The van der Waals surface area contributed by atoms with Crippen molar-refractivity contribution in [3.8, 4) is 5.75 Å². The largest absolute Gasteiger partial charge is 0.573 e. The van der Waals surface area contributed by atoms with Crippen LogP contribution in [0.2, 0.25) is 0 Å².